The topological polar surface area (TPSA) is 87.3 Å². The monoisotopic (exact) mass is 405 g/mol. The normalized spacial score (nSPS) is 8.90. The second-order valence-electron chi connectivity index (χ2n) is 6.14. The van der Waals surface area contributed by atoms with Gasteiger partial charge >= 0.3 is 0 Å². The summed E-state index contributed by atoms with van der Waals surface area (Å²) in [6, 6.07) is 28.1. The minimum atomic E-state index is -0.0359. The molecule has 0 saturated heterocycles. The van der Waals surface area contributed by atoms with Crippen LogP contribution < -0.4 is 16.0 Å². The van der Waals surface area contributed by atoms with Crippen LogP contribution in [-0.2, 0) is 14.4 Å². The molecule has 0 atom stereocenters. The Kier molecular flexibility index (Phi) is 11.3. The Hall–Kier alpha value is -3.93. The Morgan fingerprint density at radius 2 is 0.633 bits per heavy atom. The zero-order valence-corrected chi connectivity index (χ0v) is 17.4. The first-order valence-corrected chi connectivity index (χ1v) is 9.34. The van der Waals surface area contributed by atoms with Crippen LogP contribution >= 0.6 is 0 Å². The summed E-state index contributed by atoms with van der Waals surface area (Å²) in [5.41, 5.74) is 2.53. The second kappa shape index (κ2) is 14.1. The van der Waals surface area contributed by atoms with Gasteiger partial charge in [-0.25, -0.2) is 0 Å². The molecule has 0 aliphatic heterocycles. The number of para-hydroxylation sites is 3. The van der Waals surface area contributed by atoms with E-state index in [1.54, 1.807) is 0 Å². The van der Waals surface area contributed by atoms with Gasteiger partial charge in [-0.05, 0) is 36.4 Å². The van der Waals surface area contributed by atoms with E-state index in [1.807, 2.05) is 91.0 Å². The number of amides is 3. The van der Waals surface area contributed by atoms with Crippen molar-refractivity contribution in [3.8, 4) is 0 Å². The van der Waals surface area contributed by atoms with Crippen molar-refractivity contribution in [2.75, 3.05) is 16.0 Å². The van der Waals surface area contributed by atoms with E-state index in [0.29, 0.717) is 0 Å². The molecule has 156 valence electrons. The molecule has 6 nitrogen and oxygen atoms in total. The van der Waals surface area contributed by atoms with Crippen LogP contribution in [0.15, 0.2) is 91.0 Å². The van der Waals surface area contributed by atoms with E-state index in [-0.39, 0.29) is 17.7 Å². The molecule has 0 unspecified atom stereocenters. The predicted molar refractivity (Wildman–Crippen MR) is 122 cm³/mol. The number of carbonyl (C=O) groups excluding carboxylic acids is 3. The van der Waals surface area contributed by atoms with Crippen molar-refractivity contribution in [1.29, 1.82) is 0 Å². The maximum absolute atomic E-state index is 10.5. The average Bonchev–Trinajstić information content (AvgIpc) is 2.70. The van der Waals surface area contributed by atoms with Gasteiger partial charge in [-0.3, -0.25) is 14.4 Å². The summed E-state index contributed by atoms with van der Waals surface area (Å²) in [7, 11) is 0. The highest BCUT2D eigenvalue weighted by atomic mass is 16.2. The third kappa shape index (κ3) is 12.5. The van der Waals surface area contributed by atoms with Crippen molar-refractivity contribution in [3.05, 3.63) is 91.0 Å². The molecular formula is C24H27N3O3. The molecule has 0 aliphatic rings. The van der Waals surface area contributed by atoms with Gasteiger partial charge in [0.25, 0.3) is 0 Å². The van der Waals surface area contributed by atoms with Crippen LogP contribution in [-0.4, -0.2) is 17.7 Å². The molecular weight excluding hydrogens is 378 g/mol. The Labute approximate surface area is 177 Å². The molecule has 3 amide bonds. The van der Waals surface area contributed by atoms with Crippen molar-refractivity contribution in [2.45, 2.75) is 20.8 Å². The maximum atomic E-state index is 10.5. The lowest BCUT2D eigenvalue weighted by Crippen LogP contribution is -2.04. The number of benzene rings is 3. The highest BCUT2D eigenvalue weighted by molar-refractivity contribution is 5.89. The summed E-state index contributed by atoms with van der Waals surface area (Å²) in [5, 5.41) is 8.00. The van der Waals surface area contributed by atoms with E-state index in [9.17, 15) is 14.4 Å². The van der Waals surface area contributed by atoms with Crippen molar-refractivity contribution in [1.82, 2.24) is 0 Å². The lowest BCUT2D eigenvalue weighted by atomic mass is 10.3. The Morgan fingerprint density at radius 3 is 0.800 bits per heavy atom. The molecule has 3 aromatic carbocycles. The molecule has 0 spiro atoms. The minimum absolute atomic E-state index is 0.0359. The zero-order chi connectivity index (χ0) is 22.2. The Balaban J connectivity index is 0.000000225. The van der Waals surface area contributed by atoms with Gasteiger partial charge in [-0.15, -0.1) is 0 Å². The van der Waals surface area contributed by atoms with Gasteiger partial charge < -0.3 is 16.0 Å². The van der Waals surface area contributed by atoms with Gasteiger partial charge in [0.1, 0.15) is 0 Å². The van der Waals surface area contributed by atoms with E-state index in [4.69, 9.17) is 0 Å². The van der Waals surface area contributed by atoms with Crippen molar-refractivity contribution in [2.24, 2.45) is 0 Å². The van der Waals surface area contributed by atoms with Crippen LogP contribution in [0.25, 0.3) is 0 Å². The lowest BCUT2D eigenvalue weighted by molar-refractivity contribution is -0.115. The maximum Gasteiger partial charge on any atom is 0.221 e. The first-order valence-electron chi connectivity index (χ1n) is 9.34. The van der Waals surface area contributed by atoms with Gasteiger partial charge in [0.05, 0.1) is 0 Å². The average molecular weight is 405 g/mol. The van der Waals surface area contributed by atoms with Gasteiger partial charge in [0.15, 0.2) is 0 Å². The quantitative estimate of drug-likeness (QED) is 0.577. The summed E-state index contributed by atoms with van der Waals surface area (Å²) in [6.45, 7) is 4.48. The predicted octanol–water partition coefficient (Wildman–Crippen LogP) is 4.94. The molecule has 0 radical (unpaired) electrons. The summed E-state index contributed by atoms with van der Waals surface area (Å²) in [4.78, 5) is 31.5. The van der Waals surface area contributed by atoms with Gasteiger partial charge in [0, 0.05) is 37.8 Å². The largest absolute Gasteiger partial charge is 0.326 e. The second-order valence-corrected chi connectivity index (χ2v) is 6.14. The third-order valence-corrected chi connectivity index (χ3v) is 3.28. The third-order valence-electron chi connectivity index (χ3n) is 3.28. The van der Waals surface area contributed by atoms with Gasteiger partial charge in [-0.1, -0.05) is 54.6 Å². The summed E-state index contributed by atoms with van der Waals surface area (Å²) >= 11 is 0. The van der Waals surface area contributed by atoms with E-state index < -0.39 is 0 Å². The van der Waals surface area contributed by atoms with Crippen LogP contribution in [0.3, 0.4) is 0 Å². The molecule has 0 fully saturated rings. The zero-order valence-electron chi connectivity index (χ0n) is 17.4. The molecule has 3 N–H and O–H groups in total. The molecule has 3 rings (SSSR count). The van der Waals surface area contributed by atoms with Crippen LogP contribution in [0.2, 0.25) is 0 Å². The number of rotatable bonds is 3. The lowest BCUT2D eigenvalue weighted by Gasteiger charge is -1.98. The van der Waals surface area contributed by atoms with E-state index in [0.717, 1.165) is 17.1 Å². The van der Waals surface area contributed by atoms with Crippen LogP contribution in [0.1, 0.15) is 20.8 Å². The number of nitrogens with one attached hydrogen (secondary N) is 3. The van der Waals surface area contributed by atoms with Crippen LogP contribution in [0, 0.1) is 0 Å². The molecule has 0 saturated carbocycles. The highest BCUT2D eigenvalue weighted by Gasteiger charge is 1.91. The van der Waals surface area contributed by atoms with Gasteiger partial charge in [0.2, 0.25) is 17.7 Å². The number of anilines is 3. The molecule has 0 bridgehead atoms. The van der Waals surface area contributed by atoms with E-state index >= 15 is 0 Å². The summed E-state index contributed by atoms with van der Waals surface area (Å²) in [5.74, 6) is -0.108. The first kappa shape index (κ1) is 24.1. The Morgan fingerprint density at radius 1 is 0.433 bits per heavy atom. The SMILES string of the molecule is CC(=O)Nc1ccccc1.CC(=O)Nc1ccccc1.CC(=O)Nc1ccccc1. The fourth-order valence-corrected chi connectivity index (χ4v) is 2.17. The van der Waals surface area contributed by atoms with Gasteiger partial charge in [-0.2, -0.15) is 0 Å². The first-order chi connectivity index (χ1) is 14.4. The van der Waals surface area contributed by atoms with Crippen LogP contribution in [0.5, 0.6) is 0 Å². The van der Waals surface area contributed by atoms with Crippen molar-refractivity contribution in [3.63, 3.8) is 0 Å². The minimum Gasteiger partial charge on any atom is -0.326 e. The highest BCUT2D eigenvalue weighted by Crippen LogP contribution is 2.05. The molecule has 0 aliphatic carbocycles. The fourth-order valence-electron chi connectivity index (χ4n) is 2.17. The van der Waals surface area contributed by atoms with E-state index in [2.05, 4.69) is 16.0 Å². The molecule has 30 heavy (non-hydrogen) atoms. The standard InChI is InChI=1S/3C8H9NO/c3*1-7(10)9-8-5-3-2-4-6-8/h3*2-6H,1H3,(H,9,10). The molecule has 0 heterocycles. The van der Waals surface area contributed by atoms with Crippen LogP contribution in [0.4, 0.5) is 17.1 Å². The fraction of sp³-hybridized carbons (Fsp3) is 0.125. The van der Waals surface area contributed by atoms with E-state index in [1.165, 1.54) is 20.8 Å². The summed E-state index contributed by atoms with van der Waals surface area (Å²) < 4.78 is 0. The molecule has 3 aromatic rings. The number of carbonyl (C=O) groups is 3. The number of hydrogen-bond donors (Lipinski definition) is 3. The number of hydrogen-bond acceptors (Lipinski definition) is 3. The van der Waals surface area contributed by atoms with Crippen molar-refractivity contribution >= 4 is 34.8 Å². The Bertz CT molecular complexity index is 776. The summed E-state index contributed by atoms with van der Waals surface area (Å²) in [6.07, 6.45) is 0. The smallest absolute Gasteiger partial charge is 0.221 e. The van der Waals surface area contributed by atoms with Crippen molar-refractivity contribution < 1.29 is 14.4 Å². The molecule has 6 heteroatoms. The molecule has 0 aromatic heterocycles.